The Labute approximate surface area is 177 Å². The van der Waals surface area contributed by atoms with Crippen molar-refractivity contribution in [3.05, 3.63) is 77.9 Å². The first-order chi connectivity index (χ1) is 14.6. The van der Waals surface area contributed by atoms with Crippen LogP contribution in [0.5, 0.6) is 5.75 Å². The molecule has 5 heteroatoms. The molecule has 30 heavy (non-hydrogen) atoms. The summed E-state index contributed by atoms with van der Waals surface area (Å²) in [6, 6.07) is 21.6. The molecule has 4 rings (SSSR count). The number of anilines is 2. The predicted molar refractivity (Wildman–Crippen MR) is 121 cm³/mol. The maximum absolute atomic E-state index is 12.9. The molecule has 1 heterocycles. The highest BCUT2D eigenvalue weighted by Gasteiger charge is 2.13. The molecule has 1 amide bonds. The summed E-state index contributed by atoms with van der Waals surface area (Å²) in [5.41, 5.74) is 5.69. The molecule has 0 spiro atoms. The Morgan fingerprint density at radius 1 is 1.00 bits per heavy atom. The van der Waals surface area contributed by atoms with Crippen molar-refractivity contribution in [2.24, 2.45) is 0 Å². The summed E-state index contributed by atoms with van der Waals surface area (Å²) in [6.45, 7) is 5.33. The van der Waals surface area contributed by atoms with E-state index >= 15 is 0 Å². The summed E-state index contributed by atoms with van der Waals surface area (Å²) in [6.07, 6.45) is 0. The normalized spacial score (nSPS) is 13.7. The Morgan fingerprint density at radius 2 is 1.77 bits per heavy atom. The van der Waals surface area contributed by atoms with Crippen molar-refractivity contribution in [1.82, 2.24) is 0 Å². The van der Waals surface area contributed by atoms with Crippen molar-refractivity contribution in [3.63, 3.8) is 0 Å². The van der Waals surface area contributed by atoms with E-state index in [1.165, 1.54) is 0 Å². The predicted octanol–water partition coefficient (Wildman–Crippen LogP) is 4.76. The molecule has 5 nitrogen and oxygen atoms in total. The first kappa shape index (κ1) is 20.0. The zero-order chi connectivity index (χ0) is 20.9. The van der Waals surface area contributed by atoms with E-state index < -0.39 is 0 Å². The van der Waals surface area contributed by atoms with E-state index in [-0.39, 0.29) is 5.91 Å². The molecule has 0 radical (unpaired) electrons. The molecular formula is C25H26N2O3. The number of morpholine rings is 1. The molecular weight excluding hydrogens is 376 g/mol. The smallest absolute Gasteiger partial charge is 0.255 e. The summed E-state index contributed by atoms with van der Waals surface area (Å²) >= 11 is 0. The topological polar surface area (TPSA) is 50.8 Å². The van der Waals surface area contributed by atoms with Crippen molar-refractivity contribution >= 4 is 17.3 Å². The summed E-state index contributed by atoms with van der Waals surface area (Å²) < 4.78 is 10.7. The number of benzene rings is 3. The fourth-order valence-electron chi connectivity index (χ4n) is 3.65. The van der Waals surface area contributed by atoms with Gasteiger partial charge in [0.05, 0.1) is 20.3 Å². The standard InChI is InChI=1S/C25H26N2O3/c1-18-6-7-20(17-24(18)19-4-3-5-23(16-19)29-2)25(28)26-21-8-10-22(11-9-21)27-12-14-30-15-13-27/h3-11,16-17H,12-15H2,1-2H3,(H,26,28). The van der Waals surface area contributed by atoms with Crippen LogP contribution in [0.2, 0.25) is 0 Å². The van der Waals surface area contributed by atoms with Gasteiger partial charge in [-0.1, -0.05) is 18.2 Å². The van der Waals surface area contributed by atoms with Crippen LogP contribution in [-0.2, 0) is 4.74 Å². The highest BCUT2D eigenvalue weighted by molar-refractivity contribution is 6.05. The molecule has 0 bridgehead atoms. The monoisotopic (exact) mass is 402 g/mol. The molecule has 154 valence electrons. The van der Waals surface area contributed by atoms with Crippen LogP contribution < -0.4 is 15.0 Å². The minimum atomic E-state index is -0.127. The van der Waals surface area contributed by atoms with Crippen LogP contribution in [0, 0.1) is 6.92 Å². The number of ether oxygens (including phenoxy) is 2. The zero-order valence-corrected chi connectivity index (χ0v) is 17.4. The largest absolute Gasteiger partial charge is 0.497 e. The lowest BCUT2D eigenvalue weighted by atomic mass is 9.97. The number of carbonyl (C=O) groups is 1. The molecule has 0 aromatic heterocycles. The van der Waals surface area contributed by atoms with E-state index in [1.54, 1.807) is 7.11 Å². The Kier molecular flexibility index (Phi) is 6.00. The van der Waals surface area contributed by atoms with Crippen molar-refractivity contribution in [3.8, 4) is 16.9 Å². The van der Waals surface area contributed by atoms with Crippen molar-refractivity contribution < 1.29 is 14.3 Å². The molecule has 1 N–H and O–H groups in total. The Bertz CT molecular complexity index is 1020. The van der Waals surface area contributed by atoms with E-state index in [0.29, 0.717) is 5.56 Å². The van der Waals surface area contributed by atoms with E-state index in [1.807, 2.05) is 73.7 Å². The number of amides is 1. The number of aryl methyl sites for hydroxylation is 1. The van der Waals surface area contributed by atoms with Gasteiger partial charge in [-0.15, -0.1) is 0 Å². The van der Waals surface area contributed by atoms with Gasteiger partial charge in [0.2, 0.25) is 0 Å². The summed E-state index contributed by atoms with van der Waals surface area (Å²) in [7, 11) is 1.65. The van der Waals surface area contributed by atoms with Gasteiger partial charge in [-0.25, -0.2) is 0 Å². The highest BCUT2D eigenvalue weighted by atomic mass is 16.5. The number of rotatable bonds is 5. The second kappa shape index (κ2) is 9.01. The van der Waals surface area contributed by atoms with Crippen LogP contribution in [-0.4, -0.2) is 39.3 Å². The van der Waals surface area contributed by atoms with E-state index in [4.69, 9.17) is 9.47 Å². The lowest BCUT2D eigenvalue weighted by molar-refractivity contribution is 0.102. The van der Waals surface area contributed by atoms with Gasteiger partial charge in [-0.05, 0) is 72.1 Å². The minimum absolute atomic E-state index is 0.127. The van der Waals surface area contributed by atoms with Gasteiger partial charge in [0.25, 0.3) is 5.91 Å². The zero-order valence-electron chi connectivity index (χ0n) is 17.4. The van der Waals surface area contributed by atoms with Gasteiger partial charge in [-0.3, -0.25) is 4.79 Å². The van der Waals surface area contributed by atoms with Gasteiger partial charge in [0.1, 0.15) is 5.75 Å². The maximum Gasteiger partial charge on any atom is 0.255 e. The first-order valence-electron chi connectivity index (χ1n) is 10.1. The molecule has 3 aromatic carbocycles. The molecule has 1 aliphatic rings. The lowest BCUT2D eigenvalue weighted by Crippen LogP contribution is -2.36. The maximum atomic E-state index is 12.9. The second-order valence-electron chi connectivity index (χ2n) is 7.36. The van der Waals surface area contributed by atoms with E-state index in [9.17, 15) is 4.79 Å². The van der Waals surface area contributed by atoms with Gasteiger partial charge in [-0.2, -0.15) is 0 Å². The Balaban J connectivity index is 1.50. The minimum Gasteiger partial charge on any atom is -0.497 e. The summed E-state index contributed by atoms with van der Waals surface area (Å²) in [5, 5.41) is 3.00. The van der Waals surface area contributed by atoms with Crippen LogP contribution in [0.1, 0.15) is 15.9 Å². The van der Waals surface area contributed by atoms with Gasteiger partial charge in [0.15, 0.2) is 0 Å². The molecule has 0 aliphatic carbocycles. The second-order valence-corrected chi connectivity index (χ2v) is 7.36. The third-order valence-corrected chi connectivity index (χ3v) is 5.38. The number of hydrogen-bond donors (Lipinski definition) is 1. The third kappa shape index (κ3) is 4.47. The third-order valence-electron chi connectivity index (χ3n) is 5.38. The van der Waals surface area contributed by atoms with Crippen LogP contribution in [0.25, 0.3) is 11.1 Å². The molecule has 0 saturated carbocycles. The molecule has 3 aromatic rings. The van der Waals surface area contributed by atoms with Crippen LogP contribution in [0.4, 0.5) is 11.4 Å². The van der Waals surface area contributed by atoms with Gasteiger partial charge in [0, 0.05) is 30.0 Å². The van der Waals surface area contributed by atoms with Crippen LogP contribution in [0.15, 0.2) is 66.7 Å². The van der Waals surface area contributed by atoms with E-state index in [0.717, 1.165) is 60.1 Å². The molecule has 1 saturated heterocycles. The fraction of sp³-hybridized carbons (Fsp3) is 0.240. The van der Waals surface area contributed by atoms with Crippen molar-refractivity contribution in [1.29, 1.82) is 0 Å². The van der Waals surface area contributed by atoms with Crippen LogP contribution >= 0.6 is 0 Å². The molecule has 1 fully saturated rings. The lowest BCUT2D eigenvalue weighted by Gasteiger charge is -2.28. The van der Waals surface area contributed by atoms with E-state index in [2.05, 4.69) is 10.2 Å². The average molecular weight is 402 g/mol. The Hall–Kier alpha value is -3.31. The number of methoxy groups -OCH3 is 1. The molecule has 1 aliphatic heterocycles. The fourth-order valence-corrected chi connectivity index (χ4v) is 3.65. The Morgan fingerprint density at radius 3 is 2.50 bits per heavy atom. The SMILES string of the molecule is COc1cccc(-c2cc(C(=O)Nc3ccc(N4CCOCC4)cc3)ccc2C)c1. The highest BCUT2D eigenvalue weighted by Crippen LogP contribution is 2.28. The summed E-state index contributed by atoms with van der Waals surface area (Å²) in [4.78, 5) is 15.1. The number of carbonyl (C=O) groups excluding carboxylic acids is 1. The van der Waals surface area contributed by atoms with Crippen molar-refractivity contribution in [2.75, 3.05) is 43.6 Å². The number of hydrogen-bond acceptors (Lipinski definition) is 4. The van der Waals surface area contributed by atoms with Crippen molar-refractivity contribution in [2.45, 2.75) is 6.92 Å². The quantitative estimate of drug-likeness (QED) is 0.669. The average Bonchev–Trinajstić information content (AvgIpc) is 2.80. The van der Waals surface area contributed by atoms with Gasteiger partial charge >= 0.3 is 0 Å². The molecule has 0 atom stereocenters. The number of nitrogens with one attached hydrogen (secondary N) is 1. The number of nitrogens with zero attached hydrogens (tertiary/aromatic N) is 1. The van der Waals surface area contributed by atoms with Crippen LogP contribution in [0.3, 0.4) is 0 Å². The molecule has 0 unspecified atom stereocenters. The summed E-state index contributed by atoms with van der Waals surface area (Å²) in [5.74, 6) is 0.667. The first-order valence-corrected chi connectivity index (χ1v) is 10.1. The van der Waals surface area contributed by atoms with Gasteiger partial charge < -0.3 is 19.7 Å².